The molecule has 140 valence electrons. The summed E-state index contributed by atoms with van der Waals surface area (Å²) in [7, 11) is -3.52. The van der Waals surface area contributed by atoms with E-state index in [1.807, 2.05) is 31.2 Å². The maximum Gasteiger partial charge on any atom is 0.240 e. The maximum atomic E-state index is 12.2. The van der Waals surface area contributed by atoms with E-state index >= 15 is 0 Å². The molecule has 8 nitrogen and oxygen atoms in total. The Hall–Kier alpha value is -3.04. The van der Waals surface area contributed by atoms with E-state index in [0.29, 0.717) is 24.0 Å². The standard InChI is InChI=1S/C18H20N6O2S/c1-14-5-4-6-15(13-14)27(25,26)21-12-11-20-17-8-9-18(24-23-17)22-16-7-2-3-10-19-16/h2-10,13,21H,11-12H2,1H3,(H,20,23)(H,19,22,24). The van der Waals surface area contributed by atoms with Crippen LogP contribution in [0.1, 0.15) is 5.56 Å². The van der Waals surface area contributed by atoms with Crippen LogP contribution in [0.25, 0.3) is 0 Å². The summed E-state index contributed by atoms with van der Waals surface area (Å²) in [5, 5.41) is 14.2. The minimum absolute atomic E-state index is 0.228. The normalized spacial score (nSPS) is 11.1. The number of nitrogens with one attached hydrogen (secondary N) is 3. The smallest absolute Gasteiger partial charge is 0.240 e. The van der Waals surface area contributed by atoms with Crippen molar-refractivity contribution < 1.29 is 8.42 Å². The molecule has 3 rings (SSSR count). The van der Waals surface area contributed by atoms with Crippen molar-refractivity contribution in [3.05, 3.63) is 66.4 Å². The van der Waals surface area contributed by atoms with Crippen LogP contribution in [0.3, 0.4) is 0 Å². The Morgan fingerprint density at radius 3 is 2.41 bits per heavy atom. The first-order valence-corrected chi connectivity index (χ1v) is 9.83. The zero-order chi connectivity index (χ0) is 19.1. The Balaban J connectivity index is 1.48. The molecule has 0 aliphatic rings. The Morgan fingerprint density at radius 1 is 0.889 bits per heavy atom. The van der Waals surface area contributed by atoms with Gasteiger partial charge in [-0.2, -0.15) is 0 Å². The highest BCUT2D eigenvalue weighted by atomic mass is 32.2. The first-order chi connectivity index (χ1) is 13.0. The fraction of sp³-hybridized carbons (Fsp3) is 0.167. The van der Waals surface area contributed by atoms with Gasteiger partial charge in [0, 0.05) is 19.3 Å². The quantitative estimate of drug-likeness (QED) is 0.511. The largest absolute Gasteiger partial charge is 0.367 e. The number of rotatable bonds is 8. The predicted octanol–water partition coefficient (Wildman–Crippen LogP) is 2.31. The van der Waals surface area contributed by atoms with E-state index in [9.17, 15) is 8.42 Å². The van der Waals surface area contributed by atoms with Crippen LogP contribution in [-0.2, 0) is 10.0 Å². The third-order valence-electron chi connectivity index (χ3n) is 3.61. The molecule has 2 heterocycles. The summed E-state index contributed by atoms with van der Waals surface area (Å²) in [5.41, 5.74) is 0.894. The summed E-state index contributed by atoms with van der Waals surface area (Å²) in [6, 6.07) is 15.8. The molecule has 9 heteroatoms. The monoisotopic (exact) mass is 384 g/mol. The summed E-state index contributed by atoms with van der Waals surface area (Å²) in [4.78, 5) is 4.41. The summed E-state index contributed by atoms with van der Waals surface area (Å²) in [6.07, 6.45) is 1.68. The van der Waals surface area contributed by atoms with Crippen molar-refractivity contribution in [2.24, 2.45) is 0 Å². The fourth-order valence-electron chi connectivity index (χ4n) is 2.30. The van der Waals surface area contributed by atoms with Crippen molar-refractivity contribution in [2.75, 3.05) is 23.7 Å². The SMILES string of the molecule is Cc1cccc(S(=O)(=O)NCCNc2ccc(Nc3ccccn3)nn2)c1. The lowest BCUT2D eigenvalue weighted by atomic mass is 10.2. The van der Waals surface area contributed by atoms with Crippen LogP contribution in [0.15, 0.2) is 65.7 Å². The molecule has 0 amide bonds. The van der Waals surface area contributed by atoms with Gasteiger partial charge in [-0.1, -0.05) is 18.2 Å². The zero-order valence-electron chi connectivity index (χ0n) is 14.8. The fourth-order valence-corrected chi connectivity index (χ4v) is 3.44. The predicted molar refractivity (Wildman–Crippen MR) is 104 cm³/mol. The van der Waals surface area contributed by atoms with E-state index in [4.69, 9.17) is 0 Å². The molecule has 0 radical (unpaired) electrons. The summed E-state index contributed by atoms with van der Waals surface area (Å²) >= 11 is 0. The second-order valence-electron chi connectivity index (χ2n) is 5.78. The van der Waals surface area contributed by atoms with Gasteiger partial charge in [-0.05, 0) is 48.9 Å². The molecule has 27 heavy (non-hydrogen) atoms. The summed E-state index contributed by atoms with van der Waals surface area (Å²) < 4.78 is 27.0. The average Bonchev–Trinajstić information content (AvgIpc) is 2.67. The third kappa shape index (κ3) is 5.47. The van der Waals surface area contributed by atoms with Gasteiger partial charge in [0.2, 0.25) is 10.0 Å². The number of sulfonamides is 1. The van der Waals surface area contributed by atoms with E-state index in [-0.39, 0.29) is 11.4 Å². The van der Waals surface area contributed by atoms with Gasteiger partial charge in [-0.3, -0.25) is 0 Å². The lowest BCUT2D eigenvalue weighted by Gasteiger charge is -2.09. The number of anilines is 3. The Bertz CT molecular complexity index is 978. The van der Waals surface area contributed by atoms with Crippen molar-refractivity contribution in [1.82, 2.24) is 19.9 Å². The zero-order valence-corrected chi connectivity index (χ0v) is 15.6. The highest BCUT2D eigenvalue weighted by Crippen LogP contribution is 2.12. The van der Waals surface area contributed by atoms with Crippen LogP contribution < -0.4 is 15.4 Å². The van der Waals surface area contributed by atoms with Gasteiger partial charge in [0.05, 0.1) is 4.90 Å². The second kappa shape index (κ2) is 8.56. The molecule has 0 atom stereocenters. The third-order valence-corrected chi connectivity index (χ3v) is 5.07. The molecular weight excluding hydrogens is 364 g/mol. The van der Waals surface area contributed by atoms with Crippen molar-refractivity contribution in [2.45, 2.75) is 11.8 Å². The van der Waals surface area contributed by atoms with E-state index < -0.39 is 10.0 Å². The summed E-state index contributed by atoms with van der Waals surface area (Å²) in [6.45, 7) is 2.46. The Kier molecular flexibility index (Phi) is 5.94. The molecule has 0 unspecified atom stereocenters. The van der Waals surface area contributed by atoms with Crippen LogP contribution in [0.5, 0.6) is 0 Å². The average molecular weight is 384 g/mol. The Labute approximate surface area is 158 Å². The lowest BCUT2D eigenvalue weighted by molar-refractivity contribution is 0.582. The molecule has 0 bridgehead atoms. The van der Waals surface area contributed by atoms with Crippen LogP contribution in [-0.4, -0.2) is 36.7 Å². The van der Waals surface area contributed by atoms with Crippen LogP contribution in [0.4, 0.5) is 17.5 Å². The van der Waals surface area contributed by atoms with Gasteiger partial charge < -0.3 is 10.6 Å². The van der Waals surface area contributed by atoms with Crippen LogP contribution in [0, 0.1) is 6.92 Å². The molecule has 0 spiro atoms. The molecule has 0 fully saturated rings. The highest BCUT2D eigenvalue weighted by molar-refractivity contribution is 7.89. The molecule has 2 aromatic heterocycles. The topological polar surface area (TPSA) is 109 Å². The number of hydrogen-bond donors (Lipinski definition) is 3. The number of nitrogens with zero attached hydrogens (tertiary/aromatic N) is 3. The van der Waals surface area contributed by atoms with E-state index in [0.717, 1.165) is 5.56 Å². The number of aryl methyl sites for hydroxylation is 1. The van der Waals surface area contributed by atoms with E-state index in [1.165, 1.54) is 0 Å². The number of pyridine rings is 1. The molecule has 0 saturated heterocycles. The molecule has 1 aromatic carbocycles. The van der Waals surface area contributed by atoms with Gasteiger partial charge in [0.15, 0.2) is 5.82 Å². The molecule has 0 aliphatic carbocycles. The number of aromatic nitrogens is 3. The Morgan fingerprint density at radius 2 is 1.70 bits per heavy atom. The number of benzene rings is 1. The number of hydrogen-bond acceptors (Lipinski definition) is 7. The van der Waals surface area contributed by atoms with Gasteiger partial charge in [-0.25, -0.2) is 18.1 Å². The first-order valence-electron chi connectivity index (χ1n) is 8.35. The minimum Gasteiger partial charge on any atom is -0.367 e. The lowest BCUT2D eigenvalue weighted by Crippen LogP contribution is -2.29. The second-order valence-corrected chi connectivity index (χ2v) is 7.55. The minimum atomic E-state index is -3.52. The van der Waals surface area contributed by atoms with Crippen molar-refractivity contribution >= 4 is 27.5 Å². The molecule has 0 aliphatic heterocycles. The molecular formula is C18H20N6O2S. The first kappa shape index (κ1) is 18.7. The van der Waals surface area contributed by atoms with Crippen LogP contribution >= 0.6 is 0 Å². The van der Waals surface area contributed by atoms with Crippen molar-refractivity contribution in [3.8, 4) is 0 Å². The van der Waals surface area contributed by atoms with Crippen molar-refractivity contribution in [1.29, 1.82) is 0 Å². The molecule has 3 aromatic rings. The molecule has 0 saturated carbocycles. The van der Waals surface area contributed by atoms with Crippen molar-refractivity contribution in [3.63, 3.8) is 0 Å². The van der Waals surface area contributed by atoms with Crippen LogP contribution in [0.2, 0.25) is 0 Å². The summed E-state index contributed by atoms with van der Waals surface area (Å²) in [5.74, 6) is 1.80. The van der Waals surface area contributed by atoms with Gasteiger partial charge >= 0.3 is 0 Å². The van der Waals surface area contributed by atoms with Gasteiger partial charge in [0.25, 0.3) is 0 Å². The highest BCUT2D eigenvalue weighted by Gasteiger charge is 2.12. The van der Waals surface area contributed by atoms with E-state index in [2.05, 4.69) is 30.5 Å². The molecule has 3 N–H and O–H groups in total. The maximum absolute atomic E-state index is 12.2. The van der Waals surface area contributed by atoms with Gasteiger partial charge in [-0.15, -0.1) is 10.2 Å². The van der Waals surface area contributed by atoms with E-state index in [1.54, 1.807) is 36.5 Å². The van der Waals surface area contributed by atoms with Gasteiger partial charge in [0.1, 0.15) is 11.6 Å².